The van der Waals surface area contributed by atoms with Crippen LogP contribution in [0.3, 0.4) is 0 Å². The Morgan fingerprint density at radius 3 is 2.42 bits per heavy atom. The van der Waals surface area contributed by atoms with Gasteiger partial charge >= 0.3 is 6.09 Å². The molecular weight excluding hydrogens is 462 g/mol. The molecule has 0 saturated heterocycles. The van der Waals surface area contributed by atoms with E-state index >= 15 is 0 Å². The molecule has 0 atom stereocenters. The van der Waals surface area contributed by atoms with E-state index in [9.17, 15) is 9.59 Å². The first kappa shape index (κ1) is 22.6. The number of fused-ring (bicyclic) bond motifs is 1. The molecule has 2 N–H and O–H groups in total. The third-order valence-electron chi connectivity index (χ3n) is 4.32. The zero-order valence-corrected chi connectivity index (χ0v) is 19.4. The third kappa shape index (κ3) is 5.73. The van der Waals surface area contributed by atoms with Gasteiger partial charge in [0.2, 0.25) is 0 Å². The van der Waals surface area contributed by atoms with Crippen molar-refractivity contribution < 1.29 is 19.1 Å². The van der Waals surface area contributed by atoms with Gasteiger partial charge in [-0.25, -0.2) is 4.79 Å². The van der Waals surface area contributed by atoms with Crippen molar-refractivity contribution in [3.63, 3.8) is 0 Å². The van der Waals surface area contributed by atoms with Crippen LogP contribution < -0.4 is 15.4 Å². The summed E-state index contributed by atoms with van der Waals surface area (Å²) in [5.74, 6) is 0.373. The predicted octanol–water partition coefficient (Wildman–Crippen LogP) is 5.28. The Bertz CT molecular complexity index is 1110. The van der Waals surface area contributed by atoms with Gasteiger partial charge in [-0.05, 0) is 56.7 Å². The van der Waals surface area contributed by atoms with Gasteiger partial charge in [0.1, 0.15) is 16.9 Å². The zero-order chi connectivity index (χ0) is 22.6. The second kappa shape index (κ2) is 9.34. The highest BCUT2D eigenvalue weighted by molar-refractivity contribution is 9.10. The average Bonchev–Trinajstić information content (AvgIpc) is 2.71. The maximum Gasteiger partial charge on any atom is 0.412 e. The van der Waals surface area contributed by atoms with Gasteiger partial charge in [0, 0.05) is 28.3 Å². The highest BCUT2D eigenvalue weighted by Crippen LogP contribution is 2.32. The number of methoxy groups -OCH3 is 1. The maximum atomic E-state index is 12.9. The summed E-state index contributed by atoms with van der Waals surface area (Å²) in [5.41, 5.74) is 2.05. The number of pyridine rings is 1. The lowest BCUT2D eigenvalue weighted by Gasteiger charge is -2.19. The fraction of sp³-hybridized carbons (Fsp3) is 0.261. The van der Waals surface area contributed by atoms with E-state index in [0.717, 1.165) is 10.0 Å². The first-order valence-corrected chi connectivity index (χ1v) is 10.5. The Morgan fingerprint density at radius 2 is 1.77 bits per heavy atom. The molecule has 0 aliphatic heterocycles. The Hall–Kier alpha value is -3.13. The molecule has 162 valence electrons. The van der Waals surface area contributed by atoms with E-state index < -0.39 is 11.7 Å². The lowest BCUT2D eigenvalue weighted by molar-refractivity contribution is 0.0635. The second-order valence-electron chi connectivity index (χ2n) is 7.84. The molecule has 2 aromatic carbocycles. The van der Waals surface area contributed by atoms with Crippen molar-refractivity contribution in [3.8, 4) is 5.75 Å². The van der Waals surface area contributed by atoms with Crippen LogP contribution in [0.25, 0.3) is 10.9 Å². The fourth-order valence-electron chi connectivity index (χ4n) is 2.96. The molecule has 1 heterocycles. The summed E-state index contributed by atoms with van der Waals surface area (Å²) in [6.07, 6.45) is 1.07. The molecule has 3 rings (SSSR count). The number of carbonyl (C=O) groups excluding carboxylic acids is 2. The highest BCUT2D eigenvalue weighted by atomic mass is 79.9. The summed E-state index contributed by atoms with van der Waals surface area (Å²) in [7, 11) is 1.57. The van der Waals surface area contributed by atoms with Gasteiger partial charge < -0.3 is 14.8 Å². The van der Waals surface area contributed by atoms with E-state index in [2.05, 4.69) is 31.5 Å². The number of nitrogens with zero attached hydrogens (tertiary/aromatic N) is 1. The molecule has 0 aliphatic rings. The average molecular weight is 486 g/mol. The van der Waals surface area contributed by atoms with Crippen LogP contribution in [-0.4, -0.2) is 29.7 Å². The molecule has 2 amide bonds. The van der Waals surface area contributed by atoms with Gasteiger partial charge in [-0.2, -0.15) is 0 Å². The third-order valence-corrected chi connectivity index (χ3v) is 4.98. The minimum Gasteiger partial charge on any atom is -0.494 e. The van der Waals surface area contributed by atoms with Crippen LogP contribution in [0.4, 0.5) is 10.5 Å². The van der Waals surface area contributed by atoms with Crippen molar-refractivity contribution in [2.75, 3.05) is 12.4 Å². The summed E-state index contributed by atoms with van der Waals surface area (Å²) in [4.78, 5) is 29.1. The molecule has 0 spiro atoms. The number of benzene rings is 2. The quantitative estimate of drug-likeness (QED) is 0.512. The van der Waals surface area contributed by atoms with Crippen LogP contribution in [0, 0.1) is 0 Å². The van der Waals surface area contributed by atoms with Gasteiger partial charge in [0.25, 0.3) is 5.91 Å². The molecule has 0 saturated carbocycles. The first-order valence-electron chi connectivity index (χ1n) is 9.66. The van der Waals surface area contributed by atoms with Crippen molar-refractivity contribution in [2.45, 2.75) is 32.9 Å². The topological polar surface area (TPSA) is 89.6 Å². The molecule has 0 bridgehead atoms. The Labute approximate surface area is 189 Å². The van der Waals surface area contributed by atoms with Crippen molar-refractivity contribution in [2.24, 2.45) is 0 Å². The lowest BCUT2D eigenvalue weighted by Crippen LogP contribution is -2.27. The Morgan fingerprint density at radius 1 is 1.06 bits per heavy atom. The van der Waals surface area contributed by atoms with Crippen molar-refractivity contribution >= 4 is 44.5 Å². The van der Waals surface area contributed by atoms with Crippen LogP contribution in [0.1, 0.15) is 36.7 Å². The number of aromatic nitrogens is 1. The van der Waals surface area contributed by atoms with Crippen LogP contribution in [-0.2, 0) is 11.3 Å². The highest BCUT2D eigenvalue weighted by Gasteiger charge is 2.17. The van der Waals surface area contributed by atoms with Crippen LogP contribution >= 0.6 is 15.9 Å². The summed E-state index contributed by atoms with van der Waals surface area (Å²) in [6.45, 7) is 5.74. The molecule has 0 fully saturated rings. The monoisotopic (exact) mass is 485 g/mol. The van der Waals surface area contributed by atoms with Gasteiger partial charge in [-0.3, -0.25) is 15.1 Å². The Kier molecular flexibility index (Phi) is 6.80. The molecule has 0 aliphatic carbocycles. The number of amides is 2. The van der Waals surface area contributed by atoms with Crippen molar-refractivity contribution in [1.29, 1.82) is 0 Å². The van der Waals surface area contributed by atoms with E-state index in [1.165, 1.54) is 0 Å². The van der Waals surface area contributed by atoms with E-state index in [-0.39, 0.29) is 5.91 Å². The number of hydrogen-bond donors (Lipinski definition) is 2. The minimum absolute atomic E-state index is 0.225. The largest absolute Gasteiger partial charge is 0.494 e. The summed E-state index contributed by atoms with van der Waals surface area (Å²) in [5, 5.41) is 6.30. The van der Waals surface area contributed by atoms with E-state index in [0.29, 0.717) is 34.4 Å². The molecule has 1 aromatic heterocycles. The molecule has 0 radical (unpaired) electrons. The number of rotatable bonds is 5. The van der Waals surface area contributed by atoms with Crippen LogP contribution in [0.15, 0.2) is 53.1 Å². The molecule has 3 aromatic rings. The number of anilines is 1. The van der Waals surface area contributed by atoms with Gasteiger partial charge in [0.15, 0.2) is 0 Å². The van der Waals surface area contributed by atoms with E-state index in [1.807, 2.05) is 18.2 Å². The normalized spacial score (nSPS) is 11.1. The number of halogens is 1. The number of nitrogens with one attached hydrogen (secondary N) is 2. The predicted molar refractivity (Wildman–Crippen MR) is 123 cm³/mol. The van der Waals surface area contributed by atoms with Crippen molar-refractivity contribution in [1.82, 2.24) is 10.3 Å². The Balaban J connectivity index is 1.68. The summed E-state index contributed by atoms with van der Waals surface area (Å²) in [6, 6.07) is 12.5. The second-order valence-corrected chi connectivity index (χ2v) is 8.69. The van der Waals surface area contributed by atoms with Crippen LogP contribution in [0.2, 0.25) is 0 Å². The van der Waals surface area contributed by atoms with Crippen LogP contribution in [0.5, 0.6) is 5.75 Å². The smallest absolute Gasteiger partial charge is 0.412 e. The van der Waals surface area contributed by atoms with E-state index in [1.54, 1.807) is 58.3 Å². The molecule has 0 unspecified atom stereocenters. The first-order chi connectivity index (χ1) is 14.7. The van der Waals surface area contributed by atoms with E-state index in [4.69, 9.17) is 9.47 Å². The van der Waals surface area contributed by atoms with Gasteiger partial charge in [0.05, 0.1) is 12.7 Å². The lowest BCUT2D eigenvalue weighted by atomic mass is 10.1. The number of ether oxygens (including phenoxy) is 2. The zero-order valence-electron chi connectivity index (χ0n) is 17.8. The summed E-state index contributed by atoms with van der Waals surface area (Å²) < 4.78 is 11.4. The SMILES string of the molecule is COc1ccc(Br)c2c(C(=O)NCc3ccc(NC(=O)OC(C)(C)C)cc3)ccnc12. The fourth-order valence-corrected chi connectivity index (χ4v) is 3.49. The molecule has 31 heavy (non-hydrogen) atoms. The van der Waals surface area contributed by atoms with Crippen molar-refractivity contribution in [3.05, 3.63) is 64.3 Å². The van der Waals surface area contributed by atoms with Gasteiger partial charge in [-0.15, -0.1) is 0 Å². The molecule has 7 nitrogen and oxygen atoms in total. The molecule has 8 heteroatoms. The summed E-state index contributed by atoms with van der Waals surface area (Å²) >= 11 is 3.50. The standard InChI is InChI=1S/C23H24BrN3O4/c1-23(2,3)31-22(29)27-15-7-5-14(6-8-15)13-26-21(28)16-11-12-25-20-18(30-4)10-9-17(24)19(16)20/h5-12H,13H2,1-4H3,(H,26,28)(H,27,29). The minimum atomic E-state index is -0.565. The number of carbonyl (C=O) groups is 2. The van der Waals surface area contributed by atoms with Gasteiger partial charge in [-0.1, -0.05) is 28.1 Å². The number of hydrogen-bond acceptors (Lipinski definition) is 5. The maximum absolute atomic E-state index is 12.9. The molecular formula is C23H24BrN3O4.